The van der Waals surface area contributed by atoms with E-state index in [0.29, 0.717) is 56.7 Å². The zero-order chi connectivity index (χ0) is 28.9. The Labute approximate surface area is 237 Å². The predicted molar refractivity (Wildman–Crippen MR) is 150 cm³/mol. The van der Waals surface area contributed by atoms with Gasteiger partial charge in [0, 0.05) is 54.3 Å². The summed E-state index contributed by atoms with van der Waals surface area (Å²) < 4.78 is 21.2. The number of halogens is 1. The number of nitrogens with zero attached hydrogens (tertiary/aromatic N) is 3. The Morgan fingerprint density at radius 3 is 2.59 bits per heavy atom. The molecule has 3 aliphatic heterocycles. The van der Waals surface area contributed by atoms with Gasteiger partial charge in [-0.05, 0) is 48.2 Å². The first-order valence-corrected chi connectivity index (χ1v) is 14.0. The van der Waals surface area contributed by atoms with Crippen LogP contribution in [0.1, 0.15) is 55.7 Å². The number of hydrogen-bond acceptors (Lipinski definition) is 7. The second-order valence-corrected chi connectivity index (χ2v) is 11.9. The predicted octanol–water partition coefficient (Wildman–Crippen LogP) is 3.97. The molecule has 2 atom stereocenters. The molecule has 2 unspecified atom stereocenters. The maximum atomic E-state index is 16.2. The van der Waals surface area contributed by atoms with Crippen molar-refractivity contribution in [3.8, 4) is 0 Å². The number of aliphatic hydroxyl groups is 1. The van der Waals surface area contributed by atoms with Gasteiger partial charge in [-0.2, -0.15) is 0 Å². The highest BCUT2D eigenvalue weighted by Crippen LogP contribution is 2.48. The smallest absolute Gasteiger partial charge is 0.414 e. The molecule has 1 aromatic heterocycles. The summed E-state index contributed by atoms with van der Waals surface area (Å²) in [7, 11) is 0. The van der Waals surface area contributed by atoms with E-state index in [0.717, 1.165) is 11.3 Å². The van der Waals surface area contributed by atoms with E-state index >= 15 is 4.39 Å². The number of piperidine rings is 2. The van der Waals surface area contributed by atoms with Crippen LogP contribution in [0, 0.1) is 11.2 Å². The Kier molecular flexibility index (Phi) is 6.78. The van der Waals surface area contributed by atoms with Crippen LogP contribution in [0.3, 0.4) is 0 Å². The number of hydrogen-bond donors (Lipinski definition) is 2. The third-order valence-electron chi connectivity index (χ3n) is 8.85. The van der Waals surface area contributed by atoms with Crippen LogP contribution in [0.2, 0.25) is 0 Å². The Balaban J connectivity index is 1.22. The Bertz CT molecular complexity index is 1540. The summed E-state index contributed by atoms with van der Waals surface area (Å²) in [6, 6.07) is 12.8. The fourth-order valence-electron chi connectivity index (χ4n) is 6.43. The number of rotatable bonds is 5. The number of pyridine rings is 1. The van der Waals surface area contributed by atoms with Crippen LogP contribution < -0.4 is 10.2 Å². The molecule has 2 aromatic carbocycles. The van der Waals surface area contributed by atoms with E-state index in [1.807, 2.05) is 38.1 Å². The number of amides is 3. The van der Waals surface area contributed by atoms with Gasteiger partial charge in [0.25, 0.3) is 0 Å². The first-order chi connectivity index (χ1) is 19.6. The molecule has 2 N–H and O–H groups in total. The summed E-state index contributed by atoms with van der Waals surface area (Å²) in [5, 5.41) is 14.6. The van der Waals surface area contributed by atoms with E-state index in [1.54, 1.807) is 29.3 Å². The second-order valence-electron chi connectivity index (χ2n) is 11.9. The highest BCUT2D eigenvalue weighted by molar-refractivity contribution is 6.01. The molecular formula is C31H33FN4O5. The summed E-state index contributed by atoms with van der Waals surface area (Å²) in [5.41, 5.74) is 0.968. The van der Waals surface area contributed by atoms with E-state index in [4.69, 9.17) is 4.74 Å². The lowest BCUT2D eigenvalue weighted by Gasteiger charge is -2.50. The van der Waals surface area contributed by atoms with Crippen molar-refractivity contribution in [2.24, 2.45) is 5.41 Å². The van der Waals surface area contributed by atoms with Crippen molar-refractivity contribution < 1.29 is 28.6 Å². The number of carbonyl (C=O) groups is 3. The number of anilines is 1. The summed E-state index contributed by atoms with van der Waals surface area (Å²) in [6.07, 6.45) is 2.12. The van der Waals surface area contributed by atoms with Gasteiger partial charge < -0.3 is 9.84 Å². The number of nitrogens with one attached hydrogen (secondary N) is 1. The monoisotopic (exact) mass is 560 g/mol. The molecular weight excluding hydrogens is 527 g/mol. The number of fused-ring (bicyclic) bond motifs is 1. The number of imide groups is 1. The summed E-state index contributed by atoms with van der Waals surface area (Å²) in [4.78, 5) is 44.1. The maximum absolute atomic E-state index is 16.2. The van der Waals surface area contributed by atoms with Gasteiger partial charge in [0.05, 0.1) is 23.6 Å². The summed E-state index contributed by atoms with van der Waals surface area (Å²) >= 11 is 0. The summed E-state index contributed by atoms with van der Waals surface area (Å²) in [6.45, 7) is 6.58. The SMILES string of the molecule is CC1(C)CN(Cc2ccc(N3CCOC3=O)cc2)CCC1(O)c1ccc2ncc(C3CCC(=O)NC3=O)cc2c1F. The molecule has 3 aliphatic rings. The first-order valence-electron chi connectivity index (χ1n) is 14.0. The lowest BCUT2D eigenvalue weighted by Crippen LogP contribution is -2.55. The Morgan fingerprint density at radius 1 is 1.12 bits per heavy atom. The second kappa shape index (κ2) is 10.2. The van der Waals surface area contributed by atoms with Crippen LogP contribution in [0.15, 0.2) is 48.7 Å². The Morgan fingerprint density at radius 2 is 1.90 bits per heavy atom. The van der Waals surface area contributed by atoms with Crippen molar-refractivity contribution in [3.05, 3.63) is 71.2 Å². The van der Waals surface area contributed by atoms with Crippen molar-refractivity contribution in [3.63, 3.8) is 0 Å². The summed E-state index contributed by atoms with van der Waals surface area (Å²) in [5.74, 6) is -1.83. The third-order valence-corrected chi connectivity index (χ3v) is 8.85. The average Bonchev–Trinajstić information content (AvgIpc) is 3.37. The average molecular weight is 561 g/mol. The number of aromatic nitrogens is 1. The molecule has 6 rings (SSSR count). The van der Waals surface area contributed by atoms with Crippen LogP contribution in [-0.4, -0.2) is 59.1 Å². The van der Waals surface area contributed by atoms with Crippen LogP contribution >= 0.6 is 0 Å². The standard InChI is InChI=1S/C31H33FN4O5/c1-30(2)18-35(17-19-3-5-21(6-4-19)36-13-14-41-29(36)39)12-11-31(30,40)24-8-9-25-23(27(24)32)15-20(16-33-25)22-7-10-26(37)34-28(22)38/h3-6,8-9,15-16,22,40H,7,10-14,17-18H2,1-2H3,(H,34,37,38). The lowest BCUT2D eigenvalue weighted by molar-refractivity contribution is -0.134. The van der Waals surface area contributed by atoms with Gasteiger partial charge in [-0.1, -0.05) is 32.0 Å². The van der Waals surface area contributed by atoms with Gasteiger partial charge in [-0.3, -0.25) is 29.7 Å². The quantitative estimate of drug-likeness (QED) is 0.454. The molecule has 10 heteroatoms. The molecule has 0 spiro atoms. The molecule has 3 saturated heterocycles. The number of benzene rings is 2. The van der Waals surface area contributed by atoms with Crippen LogP contribution in [0.4, 0.5) is 14.9 Å². The van der Waals surface area contributed by atoms with E-state index in [1.165, 1.54) is 0 Å². The lowest BCUT2D eigenvalue weighted by atomic mass is 9.66. The normalized spacial score (nSPS) is 24.9. The number of ether oxygens (including phenoxy) is 1. The number of likely N-dealkylation sites (tertiary alicyclic amines) is 1. The van der Waals surface area contributed by atoms with Gasteiger partial charge in [-0.15, -0.1) is 0 Å². The fourth-order valence-corrected chi connectivity index (χ4v) is 6.43. The van der Waals surface area contributed by atoms with Crippen LogP contribution in [-0.2, 0) is 26.5 Å². The molecule has 0 saturated carbocycles. The van der Waals surface area contributed by atoms with Gasteiger partial charge in [-0.25, -0.2) is 9.18 Å². The van der Waals surface area contributed by atoms with Crippen molar-refractivity contribution in [2.45, 2.75) is 51.2 Å². The van der Waals surface area contributed by atoms with Crippen molar-refractivity contribution in [1.29, 1.82) is 0 Å². The van der Waals surface area contributed by atoms with E-state index in [9.17, 15) is 19.5 Å². The first kappa shape index (κ1) is 27.3. The zero-order valence-electron chi connectivity index (χ0n) is 23.2. The minimum Gasteiger partial charge on any atom is -0.447 e. The molecule has 3 aromatic rings. The largest absolute Gasteiger partial charge is 0.447 e. The zero-order valence-corrected chi connectivity index (χ0v) is 23.2. The Hall–Kier alpha value is -3.89. The molecule has 3 amide bonds. The van der Waals surface area contributed by atoms with E-state index in [2.05, 4.69) is 15.2 Å². The van der Waals surface area contributed by atoms with Crippen molar-refractivity contribution >= 4 is 34.5 Å². The number of cyclic esters (lactones) is 1. The molecule has 0 radical (unpaired) electrons. The van der Waals surface area contributed by atoms with Crippen LogP contribution in [0.25, 0.3) is 10.9 Å². The van der Waals surface area contributed by atoms with Crippen molar-refractivity contribution in [2.75, 3.05) is 31.1 Å². The fraction of sp³-hybridized carbons (Fsp3) is 0.419. The topological polar surface area (TPSA) is 112 Å². The van der Waals surface area contributed by atoms with Crippen LogP contribution in [0.5, 0.6) is 0 Å². The minimum atomic E-state index is -1.42. The molecule has 214 valence electrons. The molecule has 9 nitrogen and oxygen atoms in total. The van der Waals surface area contributed by atoms with E-state index < -0.39 is 28.7 Å². The maximum Gasteiger partial charge on any atom is 0.414 e. The molecule has 41 heavy (non-hydrogen) atoms. The molecule has 3 fully saturated rings. The van der Waals surface area contributed by atoms with Crippen molar-refractivity contribution in [1.82, 2.24) is 15.2 Å². The highest BCUT2D eigenvalue weighted by Gasteiger charge is 2.50. The highest BCUT2D eigenvalue weighted by atomic mass is 19.1. The molecule has 4 heterocycles. The minimum absolute atomic E-state index is 0.221. The van der Waals surface area contributed by atoms with Gasteiger partial charge in [0.15, 0.2) is 0 Å². The molecule has 0 aliphatic carbocycles. The van der Waals surface area contributed by atoms with Gasteiger partial charge in [0.1, 0.15) is 12.4 Å². The third kappa shape index (κ3) is 4.85. The molecule has 0 bridgehead atoms. The van der Waals surface area contributed by atoms with E-state index in [-0.39, 0.29) is 29.4 Å². The number of carbonyl (C=O) groups excluding carboxylic acids is 3. The van der Waals surface area contributed by atoms with Gasteiger partial charge in [0.2, 0.25) is 11.8 Å². The van der Waals surface area contributed by atoms with Gasteiger partial charge >= 0.3 is 6.09 Å².